The van der Waals surface area contributed by atoms with Crippen molar-refractivity contribution in [3.63, 3.8) is 0 Å². The number of hydrogen-bond acceptors (Lipinski definition) is 3. The molecular formula is C13H26N2O. The summed E-state index contributed by atoms with van der Waals surface area (Å²) in [4.78, 5) is 2.69. The van der Waals surface area contributed by atoms with Crippen molar-refractivity contribution < 1.29 is 4.74 Å². The van der Waals surface area contributed by atoms with Gasteiger partial charge in [-0.15, -0.1) is 0 Å². The van der Waals surface area contributed by atoms with Crippen molar-refractivity contribution in [1.29, 1.82) is 0 Å². The molecule has 0 bridgehead atoms. The van der Waals surface area contributed by atoms with Crippen molar-refractivity contribution in [2.75, 3.05) is 26.2 Å². The van der Waals surface area contributed by atoms with Crippen LogP contribution in [0.2, 0.25) is 0 Å². The van der Waals surface area contributed by atoms with Crippen LogP contribution in [0.1, 0.15) is 33.6 Å². The third-order valence-corrected chi connectivity index (χ3v) is 4.09. The molecule has 0 radical (unpaired) electrons. The van der Waals surface area contributed by atoms with Crippen LogP contribution in [-0.2, 0) is 4.74 Å². The van der Waals surface area contributed by atoms with E-state index in [-0.39, 0.29) is 0 Å². The fraction of sp³-hybridized carbons (Fsp3) is 1.00. The van der Waals surface area contributed by atoms with Crippen LogP contribution in [0.3, 0.4) is 0 Å². The summed E-state index contributed by atoms with van der Waals surface area (Å²) >= 11 is 0. The number of nitrogens with zero attached hydrogens (tertiary/aromatic N) is 1. The van der Waals surface area contributed by atoms with Gasteiger partial charge in [0.1, 0.15) is 0 Å². The van der Waals surface area contributed by atoms with E-state index in [1.54, 1.807) is 0 Å². The van der Waals surface area contributed by atoms with Gasteiger partial charge < -0.3 is 10.1 Å². The van der Waals surface area contributed by atoms with Gasteiger partial charge in [0, 0.05) is 31.8 Å². The highest BCUT2D eigenvalue weighted by atomic mass is 16.5. The first-order valence-electron chi connectivity index (χ1n) is 6.80. The third-order valence-electron chi connectivity index (χ3n) is 4.09. The van der Waals surface area contributed by atoms with Gasteiger partial charge in [-0.3, -0.25) is 4.90 Å². The predicted octanol–water partition coefficient (Wildman–Crippen LogP) is 1.48. The van der Waals surface area contributed by atoms with E-state index in [4.69, 9.17) is 4.74 Å². The van der Waals surface area contributed by atoms with E-state index in [0.717, 1.165) is 18.7 Å². The summed E-state index contributed by atoms with van der Waals surface area (Å²) in [6, 6.07) is 1.53. The van der Waals surface area contributed by atoms with Crippen LogP contribution in [-0.4, -0.2) is 49.3 Å². The first kappa shape index (κ1) is 12.3. The van der Waals surface area contributed by atoms with Gasteiger partial charge in [-0.1, -0.05) is 20.8 Å². The minimum atomic E-state index is 0.473. The van der Waals surface area contributed by atoms with Gasteiger partial charge in [0.2, 0.25) is 0 Å². The second kappa shape index (κ2) is 5.48. The molecule has 0 aliphatic carbocycles. The summed E-state index contributed by atoms with van der Waals surface area (Å²) in [7, 11) is 0. The zero-order valence-electron chi connectivity index (χ0n) is 10.9. The molecule has 2 heterocycles. The van der Waals surface area contributed by atoms with Gasteiger partial charge in [0.25, 0.3) is 0 Å². The first-order valence-corrected chi connectivity index (χ1v) is 6.80. The van der Waals surface area contributed by atoms with Gasteiger partial charge in [-0.05, 0) is 25.3 Å². The van der Waals surface area contributed by atoms with E-state index in [1.807, 2.05) is 0 Å². The minimum absolute atomic E-state index is 0.473. The van der Waals surface area contributed by atoms with Crippen molar-refractivity contribution in [2.45, 2.75) is 51.8 Å². The molecule has 0 saturated carbocycles. The maximum atomic E-state index is 5.85. The lowest BCUT2D eigenvalue weighted by Gasteiger charge is -2.45. The number of likely N-dealkylation sites (N-methyl/N-ethyl adjacent to an activating group) is 1. The smallest absolute Gasteiger partial charge is 0.0612 e. The molecule has 3 nitrogen and oxygen atoms in total. The molecule has 3 heteroatoms. The highest BCUT2D eigenvalue weighted by Gasteiger charge is 2.33. The van der Waals surface area contributed by atoms with Crippen molar-refractivity contribution in [3.8, 4) is 0 Å². The van der Waals surface area contributed by atoms with Crippen molar-refractivity contribution in [3.05, 3.63) is 0 Å². The Kier molecular flexibility index (Phi) is 4.22. The summed E-state index contributed by atoms with van der Waals surface area (Å²) in [6.45, 7) is 11.3. The molecule has 16 heavy (non-hydrogen) atoms. The van der Waals surface area contributed by atoms with Crippen LogP contribution >= 0.6 is 0 Å². The lowest BCUT2D eigenvalue weighted by Crippen LogP contribution is -2.61. The van der Waals surface area contributed by atoms with Crippen molar-refractivity contribution >= 4 is 0 Å². The molecule has 2 rings (SSSR count). The van der Waals surface area contributed by atoms with Crippen molar-refractivity contribution in [2.24, 2.45) is 5.92 Å². The molecule has 0 aromatic heterocycles. The minimum Gasteiger partial charge on any atom is -0.378 e. The van der Waals surface area contributed by atoms with Crippen LogP contribution < -0.4 is 5.32 Å². The Balaban J connectivity index is 1.91. The molecule has 2 fully saturated rings. The molecule has 2 aliphatic heterocycles. The fourth-order valence-corrected chi connectivity index (χ4v) is 2.90. The molecule has 0 spiro atoms. The molecule has 2 atom stereocenters. The lowest BCUT2D eigenvalue weighted by atomic mass is 9.92. The summed E-state index contributed by atoms with van der Waals surface area (Å²) in [6.07, 6.45) is 2.91. The largest absolute Gasteiger partial charge is 0.378 e. The average molecular weight is 226 g/mol. The summed E-state index contributed by atoms with van der Waals surface area (Å²) in [5.41, 5.74) is 0. The Labute approximate surface area is 99.5 Å². The fourth-order valence-electron chi connectivity index (χ4n) is 2.90. The van der Waals surface area contributed by atoms with Gasteiger partial charge in [-0.2, -0.15) is 0 Å². The molecular weight excluding hydrogens is 200 g/mol. The predicted molar refractivity (Wildman–Crippen MR) is 66.6 cm³/mol. The zero-order chi connectivity index (χ0) is 11.5. The number of hydrogen-bond donors (Lipinski definition) is 1. The first-order chi connectivity index (χ1) is 7.72. The second-order valence-corrected chi connectivity index (χ2v) is 5.47. The van der Waals surface area contributed by atoms with Crippen LogP contribution in [0.25, 0.3) is 0 Å². The van der Waals surface area contributed by atoms with E-state index < -0.39 is 0 Å². The molecule has 2 saturated heterocycles. The average Bonchev–Trinajstić information content (AvgIpc) is 2.23. The maximum Gasteiger partial charge on any atom is 0.0612 e. The van der Waals surface area contributed by atoms with Gasteiger partial charge in [0.15, 0.2) is 0 Å². The molecule has 2 unspecified atom stereocenters. The van der Waals surface area contributed by atoms with E-state index in [9.17, 15) is 0 Å². The maximum absolute atomic E-state index is 5.85. The normalized spacial score (nSPS) is 32.1. The number of nitrogens with one attached hydrogen (secondary N) is 1. The SMILES string of the molecule is CCN(C1CNC1)C1CCOC(C(C)C)C1. The van der Waals surface area contributed by atoms with Crippen molar-refractivity contribution in [1.82, 2.24) is 10.2 Å². The molecule has 0 amide bonds. The highest BCUT2D eigenvalue weighted by Crippen LogP contribution is 2.25. The van der Waals surface area contributed by atoms with E-state index >= 15 is 0 Å². The zero-order valence-corrected chi connectivity index (χ0v) is 10.9. The molecule has 1 N–H and O–H groups in total. The second-order valence-electron chi connectivity index (χ2n) is 5.47. The number of ether oxygens (including phenoxy) is 1. The topological polar surface area (TPSA) is 24.5 Å². The molecule has 2 aliphatic rings. The van der Waals surface area contributed by atoms with Gasteiger partial charge in [-0.25, -0.2) is 0 Å². The molecule has 0 aromatic rings. The standard InChI is InChI=1S/C13H26N2O/c1-4-15(12-8-14-9-12)11-5-6-16-13(7-11)10(2)3/h10-14H,4-9H2,1-3H3. The summed E-state index contributed by atoms with van der Waals surface area (Å²) < 4.78 is 5.85. The van der Waals surface area contributed by atoms with E-state index in [1.165, 1.54) is 32.5 Å². The Morgan fingerprint density at radius 3 is 2.56 bits per heavy atom. The van der Waals surface area contributed by atoms with Gasteiger partial charge >= 0.3 is 0 Å². The van der Waals surface area contributed by atoms with Gasteiger partial charge in [0.05, 0.1) is 6.10 Å². The van der Waals surface area contributed by atoms with E-state index in [0.29, 0.717) is 12.0 Å². The third kappa shape index (κ3) is 2.58. The van der Waals surface area contributed by atoms with Crippen LogP contribution in [0, 0.1) is 5.92 Å². The Bertz CT molecular complexity index is 216. The summed E-state index contributed by atoms with van der Waals surface area (Å²) in [5.74, 6) is 0.654. The quantitative estimate of drug-likeness (QED) is 0.786. The molecule has 94 valence electrons. The lowest BCUT2D eigenvalue weighted by molar-refractivity contribution is -0.0593. The monoisotopic (exact) mass is 226 g/mol. The van der Waals surface area contributed by atoms with Crippen LogP contribution in [0.4, 0.5) is 0 Å². The summed E-state index contributed by atoms with van der Waals surface area (Å²) in [5, 5.41) is 3.38. The Morgan fingerprint density at radius 1 is 1.31 bits per heavy atom. The Hall–Kier alpha value is -0.120. The number of rotatable bonds is 4. The highest BCUT2D eigenvalue weighted by molar-refractivity contribution is 4.90. The molecule has 0 aromatic carbocycles. The van der Waals surface area contributed by atoms with Crippen LogP contribution in [0.5, 0.6) is 0 Å². The van der Waals surface area contributed by atoms with E-state index in [2.05, 4.69) is 31.0 Å². The Morgan fingerprint density at radius 2 is 2.06 bits per heavy atom. The van der Waals surface area contributed by atoms with Crippen LogP contribution in [0.15, 0.2) is 0 Å².